The molecule has 34 heavy (non-hydrogen) atoms. The number of methoxy groups -OCH3 is 2. The van der Waals surface area contributed by atoms with Crippen LogP contribution in [0.3, 0.4) is 0 Å². The highest BCUT2D eigenvalue weighted by Crippen LogP contribution is 2.28. The van der Waals surface area contributed by atoms with Crippen LogP contribution >= 0.6 is 15.9 Å². The van der Waals surface area contributed by atoms with Crippen molar-refractivity contribution >= 4 is 50.4 Å². The standard InChI is InChI=1S/C26H19BrN2O5/c1-33-25(31)16-9-12-19(26(32)34-2)23(13-16)29-24(30)20-14-22(15-7-10-17(27)11-8-15)28-21-6-4-3-5-18(20)21/h3-14H,1-2H3,(H,29,30). The molecule has 0 saturated heterocycles. The number of para-hydroxylation sites is 1. The normalized spacial score (nSPS) is 10.6. The van der Waals surface area contributed by atoms with E-state index in [-0.39, 0.29) is 16.8 Å². The number of carbonyl (C=O) groups excluding carboxylic acids is 3. The summed E-state index contributed by atoms with van der Waals surface area (Å²) in [4.78, 5) is 42.5. The van der Waals surface area contributed by atoms with Gasteiger partial charge in [-0.15, -0.1) is 0 Å². The van der Waals surface area contributed by atoms with E-state index in [9.17, 15) is 14.4 Å². The Morgan fingerprint density at radius 1 is 0.824 bits per heavy atom. The Morgan fingerprint density at radius 3 is 2.24 bits per heavy atom. The van der Waals surface area contributed by atoms with Gasteiger partial charge in [-0.3, -0.25) is 4.79 Å². The number of nitrogens with one attached hydrogen (secondary N) is 1. The number of rotatable bonds is 5. The van der Waals surface area contributed by atoms with E-state index in [0.717, 1.165) is 10.0 Å². The van der Waals surface area contributed by atoms with Gasteiger partial charge < -0.3 is 14.8 Å². The average molecular weight is 519 g/mol. The maximum Gasteiger partial charge on any atom is 0.339 e. The molecule has 0 spiro atoms. The quantitative estimate of drug-likeness (QED) is 0.351. The fraction of sp³-hybridized carbons (Fsp3) is 0.0769. The molecule has 0 bridgehead atoms. The molecular weight excluding hydrogens is 500 g/mol. The van der Waals surface area contributed by atoms with Gasteiger partial charge in [-0.2, -0.15) is 0 Å². The van der Waals surface area contributed by atoms with Crippen LogP contribution in [0.5, 0.6) is 0 Å². The summed E-state index contributed by atoms with van der Waals surface area (Å²) in [5, 5.41) is 3.40. The number of pyridine rings is 1. The lowest BCUT2D eigenvalue weighted by Crippen LogP contribution is -2.17. The van der Waals surface area contributed by atoms with Gasteiger partial charge in [-0.05, 0) is 42.5 Å². The Balaban J connectivity index is 1.81. The Hall–Kier alpha value is -4.04. The third-order valence-electron chi connectivity index (χ3n) is 5.19. The van der Waals surface area contributed by atoms with Crippen LogP contribution in [0.4, 0.5) is 5.69 Å². The van der Waals surface area contributed by atoms with Gasteiger partial charge in [-0.25, -0.2) is 14.6 Å². The lowest BCUT2D eigenvalue weighted by molar-refractivity contribution is 0.0587. The fourth-order valence-corrected chi connectivity index (χ4v) is 3.77. The molecule has 1 aromatic heterocycles. The van der Waals surface area contributed by atoms with Crippen molar-refractivity contribution in [3.8, 4) is 11.3 Å². The number of hydrogen-bond donors (Lipinski definition) is 1. The van der Waals surface area contributed by atoms with Gasteiger partial charge in [-0.1, -0.05) is 46.3 Å². The second-order valence-corrected chi connectivity index (χ2v) is 8.19. The zero-order valence-corrected chi connectivity index (χ0v) is 19.9. The Labute approximate surface area is 203 Å². The number of nitrogens with zero attached hydrogens (tertiary/aromatic N) is 1. The van der Waals surface area contributed by atoms with Crippen LogP contribution in [0.15, 0.2) is 77.3 Å². The summed E-state index contributed by atoms with van der Waals surface area (Å²) in [6.45, 7) is 0. The van der Waals surface area contributed by atoms with E-state index in [1.807, 2.05) is 42.5 Å². The van der Waals surface area contributed by atoms with Gasteiger partial charge in [0.05, 0.1) is 47.8 Å². The zero-order valence-electron chi connectivity index (χ0n) is 18.3. The van der Waals surface area contributed by atoms with E-state index in [1.165, 1.54) is 32.4 Å². The number of esters is 2. The molecule has 0 radical (unpaired) electrons. The van der Waals surface area contributed by atoms with Crippen molar-refractivity contribution in [2.45, 2.75) is 0 Å². The zero-order chi connectivity index (χ0) is 24.2. The van der Waals surface area contributed by atoms with E-state index >= 15 is 0 Å². The number of anilines is 1. The van der Waals surface area contributed by atoms with Crippen LogP contribution in [0.25, 0.3) is 22.2 Å². The first kappa shape index (κ1) is 23.1. The number of amides is 1. The van der Waals surface area contributed by atoms with E-state index in [1.54, 1.807) is 12.1 Å². The highest BCUT2D eigenvalue weighted by molar-refractivity contribution is 9.10. The number of hydrogen-bond acceptors (Lipinski definition) is 6. The molecule has 1 amide bonds. The van der Waals surface area contributed by atoms with Gasteiger partial charge in [0.1, 0.15) is 0 Å². The van der Waals surface area contributed by atoms with Crippen molar-refractivity contribution in [3.05, 3.63) is 94.0 Å². The molecule has 170 valence electrons. The molecule has 0 saturated carbocycles. The molecule has 8 heteroatoms. The molecule has 4 rings (SSSR count). The number of ether oxygens (including phenoxy) is 2. The predicted octanol–water partition coefficient (Wildman–Crippen LogP) is 5.49. The SMILES string of the molecule is COC(=O)c1ccc(C(=O)OC)c(NC(=O)c2cc(-c3ccc(Br)cc3)nc3ccccc23)c1. The minimum atomic E-state index is -0.651. The van der Waals surface area contributed by atoms with Crippen molar-refractivity contribution in [3.63, 3.8) is 0 Å². The fourth-order valence-electron chi connectivity index (χ4n) is 3.50. The van der Waals surface area contributed by atoms with Crippen molar-refractivity contribution in [1.82, 2.24) is 4.98 Å². The molecule has 0 unspecified atom stereocenters. The summed E-state index contributed by atoms with van der Waals surface area (Å²) in [5.74, 6) is -1.72. The van der Waals surface area contributed by atoms with Crippen LogP contribution in [0.1, 0.15) is 31.1 Å². The molecule has 1 heterocycles. The van der Waals surface area contributed by atoms with E-state index in [4.69, 9.17) is 14.5 Å². The minimum absolute atomic E-state index is 0.106. The Kier molecular flexibility index (Phi) is 6.70. The number of benzene rings is 3. The minimum Gasteiger partial charge on any atom is -0.465 e. The first-order valence-corrected chi connectivity index (χ1v) is 11.0. The third-order valence-corrected chi connectivity index (χ3v) is 5.72. The Bertz CT molecular complexity index is 1420. The van der Waals surface area contributed by atoms with Gasteiger partial charge in [0, 0.05) is 15.4 Å². The lowest BCUT2D eigenvalue weighted by Gasteiger charge is -2.13. The van der Waals surface area contributed by atoms with Gasteiger partial charge in [0.25, 0.3) is 5.91 Å². The lowest BCUT2D eigenvalue weighted by atomic mass is 10.0. The number of fused-ring (bicyclic) bond motifs is 1. The molecule has 4 aromatic rings. The number of halogens is 1. The number of carbonyl (C=O) groups is 3. The van der Waals surface area contributed by atoms with Crippen molar-refractivity contribution < 1.29 is 23.9 Å². The van der Waals surface area contributed by atoms with Crippen LogP contribution in [-0.2, 0) is 9.47 Å². The molecule has 0 aliphatic rings. The van der Waals surface area contributed by atoms with Crippen molar-refractivity contribution in [2.24, 2.45) is 0 Å². The Morgan fingerprint density at radius 2 is 1.53 bits per heavy atom. The average Bonchev–Trinajstić information content (AvgIpc) is 2.87. The monoisotopic (exact) mass is 518 g/mol. The third kappa shape index (κ3) is 4.67. The van der Waals surface area contributed by atoms with E-state index < -0.39 is 17.8 Å². The number of aromatic nitrogens is 1. The summed E-state index contributed by atoms with van der Waals surface area (Å²) in [5.41, 5.74) is 2.88. The molecule has 3 aromatic carbocycles. The maximum absolute atomic E-state index is 13.5. The molecule has 1 N–H and O–H groups in total. The largest absolute Gasteiger partial charge is 0.465 e. The molecule has 7 nitrogen and oxygen atoms in total. The second kappa shape index (κ2) is 9.84. The summed E-state index contributed by atoms with van der Waals surface area (Å²) >= 11 is 3.42. The van der Waals surface area contributed by atoms with Gasteiger partial charge in [0.15, 0.2) is 0 Å². The van der Waals surface area contributed by atoms with E-state index in [2.05, 4.69) is 21.2 Å². The highest BCUT2D eigenvalue weighted by atomic mass is 79.9. The smallest absolute Gasteiger partial charge is 0.339 e. The van der Waals surface area contributed by atoms with Crippen molar-refractivity contribution in [1.29, 1.82) is 0 Å². The van der Waals surface area contributed by atoms with Crippen LogP contribution in [-0.4, -0.2) is 37.0 Å². The molecule has 0 atom stereocenters. The van der Waals surface area contributed by atoms with Gasteiger partial charge in [0.2, 0.25) is 0 Å². The summed E-state index contributed by atoms with van der Waals surface area (Å²) in [7, 11) is 2.49. The molecule has 0 aliphatic heterocycles. The van der Waals surface area contributed by atoms with E-state index in [0.29, 0.717) is 22.2 Å². The predicted molar refractivity (Wildman–Crippen MR) is 132 cm³/mol. The maximum atomic E-state index is 13.5. The molecule has 0 fully saturated rings. The molecule has 0 aliphatic carbocycles. The summed E-state index contributed by atoms with van der Waals surface area (Å²) < 4.78 is 10.5. The second-order valence-electron chi connectivity index (χ2n) is 7.28. The van der Waals surface area contributed by atoms with Crippen LogP contribution < -0.4 is 5.32 Å². The van der Waals surface area contributed by atoms with Crippen LogP contribution in [0, 0.1) is 0 Å². The molecular formula is C26H19BrN2O5. The topological polar surface area (TPSA) is 94.6 Å². The van der Waals surface area contributed by atoms with Crippen LogP contribution in [0.2, 0.25) is 0 Å². The summed E-state index contributed by atoms with van der Waals surface area (Å²) in [6, 6.07) is 20.8. The summed E-state index contributed by atoms with van der Waals surface area (Å²) in [6.07, 6.45) is 0. The highest BCUT2D eigenvalue weighted by Gasteiger charge is 2.20. The first-order valence-electron chi connectivity index (χ1n) is 10.2. The van der Waals surface area contributed by atoms with Gasteiger partial charge >= 0.3 is 11.9 Å². The van der Waals surface area contributed by atoms with Crippen molar-refractivity contribution in [2.75, 3.05) is 19.5 Å². The first-order chi connectivity index (χ1) is 16.4.